The summed E-state index contributed by atoms with van der Waals surface area (Å²) in [6.07, 6.45) is 1.21. The normalized spacial score (nSPS) is 18.2. The van der Waals surface area contributed by atoms with Gasteiger partial charge in [-0.1, -0.05) is 23.7 Å². The molecule has 4 nitrogen and oxygen atoms in total. The third kappa shape index (κ3) is 4.10. The van der Waals surface area contributed by atoms with Crippen LogP contribution in [0.25, 0.3) is 0 Å². The quantitative estimate of drug-likeness (QED) is 0.845. The summed E-state index contributed by atoms with van der Waals surface area (Å²) in [6, 6.07) is 7.59. The number of halogens is 1. The fourth-order valence-electron chi connectivity index (χ4n) is 2.73. The van der Waals surface area contributed by atoms with Crippen LogP contribution in [0.5, 0.6) is 0 Å². The van der Waals surface area contributed by atoms with E-state index in [1.54, 1.807) is 11.3 Å². The summed E-state index contributed by atoms with van der Waals surface area (Å²) in [7, 11) is 0. The molecule has 2 heterocycles. The van der Waals surface area contributed by atoms with E-state index in [4.69, 9.17) is 16.3 Å². The monoisotopic (exact) mass is 350 g/mol. The third-order valence-corrected chi connectivity index (χ3v) is 5.01. The van der Waals surface area contributed by atoms with Crippen molar-refractivity contribution in [3.63, 3.8) is 0 Å². The number of rotatable bonds is 4. The zero-order valence-electron chi connectivity index (χ0n) is 13.0. The van der Waals surface area contributed by atoms with Gasteiger partial charge in [-0.15, -0.1) is 11.3 Å². The Balaban J connectivity index is 1.65. The highest BCUT2D eigenvalue weighted by atomic mass is 35.5. The Morgan fingerprint density at radius 3 is 2.91 bits per heavy atom. The molecule has 0 saturated carbocycles. The number of carbonyl (C=O) groups excluding carboxylic acids is 1. The molecule has 0 spiro atoms. The van der Waals surface area contributed by atoms with Gasteiger partial charge >= 0.3 is 0 Å². The van der Waals surface area contributed by atoms with E-state index in [2.05, 4.69) is 4.98 Å². The van der Waals surface area contributed by atoms with Gasteiger partial charge in [0.05, 0.1) is 30.0 Å². The topological polar surface area (TPSA) is 42.4 Å². The van der Waals surface area contributed by atoms with Gasteiger partial charge in [-0.25, -0.2) is 4.98 Å². The number of ether oxygens (including phenoxy) is 1. The van der Waals surface area contributed by atoms with E-state index >= 15 is 0 Å². The van der Waals surface area contributed by atoms with Crippen molar-refractivity contribution in [2.24, 2.45) is 0 Å². The summed E-state index contributed by atoms with van der Waals surface area (Å²) < 4.78 is 5.56. The second-order valence-electron chi connectivity index (χ2n) is 5.60. The summed E-state index contributed by atoms with van der Waals surface area (Å²) in [4.78, 5) is 19.1. The van der Waals surface area contributed by atoms with Gasteiger partial charge in [0.1, 0.15) is 0 Å². The fraction of sp³-hybridized carbons (Fsp3) is 0.412. The number of amides is 1. The molecule has 1 amide bonds. The lowest BCUT2D eigenvalue weighted by Crippen LogP contribution is -2.43. The second-order valence-corrected chi connectivity index (χ2v) is 7.09. The molecule has 1 atom stereocenters. The predicted octanol–water partition coefficient (Wildman–Crippen LogP) is 3.64. The number of benzene rings is 1. The van der Waals surface area contributed by atoms with Gasteiger partial charge in [0.2, 0.25) is 5.91 Å². The van der Waals surface area contributed by atoms with Crippen molar-refractivity contribution < 1.29 is 9.53 Å². The highest BCUT2D eigenvalue weighted by molar-refractivity contribution is 7.09. The van der Waals surface area contributed by atoms with Crippen LogP contribution in [-0.2, 0) is 16.0 Å². The first kappa shape index (κ1) is 16.4. The molecule has 23 heavy (non-hydrogen) atoms. The largest absolute Gasteiger partial charge is 0.377 e. The van der Waals surface area contributed by atoms with Crippen LogP contribution in [0.15, 0.2) is 29.6 Å². The minimum Gasteiger partial charge on any atom is -0.377 e. The standard InChI is InChI=1S/C17H19ClN2O2S/c1-12-19-15(11-23-12)16-10-22-9-8-20(16)17(21)7-4-13-2-5-14(18)6-3-13/h2-3,5-6,11,16H,4,7-10H2,1H3/t16-/m1/s1. The predicted molar refractivity (Wildman–Crippen MR) is 91.9 cm³/mol. The van der Waals surface area contributed by atoms with Gasteiger partial charge in [0.15, 0.2) is 0 Å². The molecule has 0 radical (unpaired) electrons. The van der Waals surface area contributed by atoms with Gasteiger partial charge < -0.3 is 9.64 Å². The number of carbonyl (C=O) groups is 1. The smallest absolute Gasteiger partial charge is 0.223 e. The Bertz CT molecular complexity index is 671. The molecule has 2 aromatic rings. The fourth-order valence-corrected chi connectivity index (χ4v) is 3.51. The molecular formula is C17H19ClN2O2S. The van der Waals surface area contributed by atoms with Crippen LogP contribution in [-0.4, -0.2) is 35.5 Å². The average molecular weight is 351 g/mol. The first-order chi connectivity index (χ1) is 11.1. The Morgan fingerprint density at radius 2 is 2.22 bits per heavy atom. The average Bonchev–Trinajstić information content (AvgIpc) is 3.00. The number of thiazole rings is 1. The molecule has 1 aromatic carbocycles. The number of morpholine rings is 1. The lowest BCUT2D eigenvalue weighted by atomic mass is 10.1. The van der Waals surface area contributed by atoms with Crippen molar-refractivity contribution in [1.29, 1.82) is 0 Å². The summed E-state index contributed by atoms with van der Waals surface area (Å²) in [5, 5.41) is 3.75. The Labute approximate surface area is 145 Å². The summed E-state index contributed by atoms with van der Waals surface area (Å²) in [5.74, 6) is 0.152. The van der Waals surface area contributed by atoms with Crippen molar-refractivity contribution in [2.45, 2.75) is 25.8 Å². The minimum absolute atomic E-state index is 0.0635. The Hall–Kier alpha value is -1.43. The molecular weight excluding hydrogens is 332 g/mol. The van der Waals surface area contributed by atoms with Crippen molar-refractivity contribution >= 4 is 28.8 Å². The highest BCUT2D eigenvalue weighted by Crippen LogP contribution is 2.26. The number of aryl methyl sites for hydroxylation is 2. The first-order valence-electron chi connectivity index (χ1n) is 7.67. The number of nitrogens with zero attached hydrogens (tertiary/aromatic N) is 2. The van der Waals surface area contributed by atoms with Crippen LogP contribution in [0.1, 0.15) is 28.7 Å². The molecule has 0 bridgehead atoms. The maximum absolute atomic E-state index is 12.6. The van der Waals surface area contributed by atoms with Crippen LogP contribution in [0.3, 0.4) is 0 Å². The maximum Gasteiger partial charge on any atom is 0.223 e. The zero-order valence-corrected chi connectivity index (χ0v) is 14.6. The number of aromatic nitrogens is 1. The zero-order chi connectivity index (χ0) is 16.2. The summed E-state index contributed by atoms with van der Waals surface area (Å²) >= 11 is 7.50. The van der Waals surface area contributed by atoms with Crippen molar-refractivity contribution in [3.05, 3.63) is 50.9 Å². The molecule has 122 valence electrons. The Kier molecular flexibility index (Phi) is 5.30. The van der Waals surface area contributed by atoms with Crippen LogP contribution >= 0.6 is 22.9 Å². The van der Waals surface area contributed by atoms with E-state index in [9.17, 15) is 4.79 Å². The minimum atomic E-state index is -0.0635. The number of hydrogen-bond donors (Lipinski definition) is 0. The molecule has 1 aliphatic rings. The maximum atomic E-state index is 12.6. The SMILES string of the molecule is Cc1nc([C@H]2COCCN2C(=O)CCc2ccc(Cl)cc2)cs1. The lowest BCUT2D eigenvalue weighted by molar-refractivity contribution is -0.140. The van der Waals surface area contributed by atoms with Gasteiger partial charge in [-0.3, -0.25) is 4.79 Å². The van der Waals surface area contributed by atoms with Crippen molar-refractivity contribution in [3.8, 4) is 0 Å². The molecule has 1 saturated heterocycles. The van der Waals surface area contributed by atoms with E-state index < -0.39 is 0 Å². The number of hydrogen-bond acceptors (Lipinski definition) is 4. The van der Waals surface area contributed by atoms with Gasteiger partial charge in [0, 0.05) is 23.4 Å². The molecule has 0 N–H and O–H groups in total. The first-order valence-corrected chi connectivity index (χ1v) is 8.93. The van der Waals surface area contributed by atoms with Crippen LogP contribution < -0.4 is 0 Å². The van der Waals surface area contributed by atoms with E-state index in [1.807, 2.05) is 41.5 Å². The molecule has 6 heteroatoms. The van der Waals surface area contributed by atoms with E-state index in [-0.39, 0.29) is 11.9 Å². The van der Waals surface area contributed by atoms with E-state index in [1.165, 1.54) is 0 Å². The Morgan fingerprint density at radius 1 is 1.43 bits per heavy atom. The molecule has 3 rings (SSSR count). The molecule has 1 fully saturated rings. The van der Waals surface area contributed by atoms with Crippen LogP contribution in [0.2, 0.25) is 5.02 Å². The van der Waals surface area contributed by atoms with E-state index in [0.717, 1.165) is 22.7 Å². The molecule has 0 aliphatic carbocycles. The van der Waals surface area contributed by atoms with Crippen molar-refractivity contribution in [1.82, 2.24) is 9.88 Å². The van der Waals surface area contributed by atoms with E-state index in [0.29, 0.717) is 31.2 Å². The van der Waals surface area contributed by atoms with Gasteiger partial charge in [0.25, 0.3) is 0 Å². The molecule has 0 unspecified atom stereocenters. The lowest BCUT2D eigenvalue weighted by Gasteiger charge is -2.34. The van der Waals surface area contributed by atoms with Crippen molar-refractivity contribution in [2.75, 3.05) is 19.8 Å². The molecule has 1 aliphatic heterocycles. The summed E-state index contributed by atoms with van der Waals surface area (Å²) in [6.45, 7) is 3.72. The van der Waals surface area contributed by atoms with Gasteiger partial charge in [-0.2, -0.15) is 0 Å². The highest BCUT2D eigenvalue weighted by Gasteiger charge is 2.29. The van der Waals surface area contributed by atoms with Gasteiger partial charge in [-0.05, 0) is 31.0 Å². The third-order valence-electron chi connectivity index (χ3n) is 3.97. The molecule has 1 aromatic heterocycles. The van der Waals surface area contributed by atoms with Crippen LogP contribution in [0, 0.1) is 6.92 Å². The summed E-state index contributed by atoms with van der Waals surface area (Å²) in [5.41, 5.74) is 2.06. The second kappa shape index (κ2) is 7.43. The van der Waals surface area contributed by atoms with Crippen LogP contribution in [0.4, 0.5) is 0 Å².